The molecular formula is C46H66ClNO5. The Hall–Kier alpha value is -2.18. The van der Waals surface area contributed by atoms with Crippen LogP contribution in [-0.2, 0) is 25.7 Å². The Morgan fingerprint density at radius 1 is 0.868 bits per heavy atom. The van der Waals surface area contributed by atoms with Crippen LogP contribution in [0.4, 0.5) is 0 Å². The molecule has 6 aliphatic rings. The van der Waals surface area contributed by atoms with Crippen molar-refractivity contribution in [3.05, 3.63) is 46.0 Å². The molecule has 0 radical (unpaired) electrons. The zero-order valence-electron chi connectivity index (χ0n) is 34.0. The van der Waals surface area contributed by atoms with Gasteiger partial charge in [-0.25, -0.2) is 0 Å². The van der Waals surface area contributed by atoms with E-state index >= 15 is 0 Å². The second kappa shape index (κ2) is 13.2. The molecule has 2 N–H and O–H groups in total. The fourth-order valence-electron chi connectivity index (χ4n) is 14.4. The van der Waals surface area contributed by atoms with Crippen molar-refractivity contribution in [1.82, 2.24) is 5.32 Å². The molecule has 292 valence electrons. The van der Waals surface area contributed by atoms with Gasteiger partial charge in [0.1, 0.15) is 6.10 Å². The summed E-state index contributed by atoms with van der Waals surface area (Å²) < 4.78 is 6.43. The number of hydrogen-bond acceptors (Lipinski definition) is 5. The lowest BCUT2D eigenvalue weighted by molar-refractivity contribution is -0.236. The fraction of sp³-hybridized carbons (Fsp3) is 0.761. The highest BCUT2D eigenvalue weighted by Crippen LogP contribution is 2.77. The summed E-state index contributed by atoms with van der Waals surface area (Å²) >= 11 is 6.13. The molecule has 1 aromatic rings. The first-order chi connectivity index (χ1) is 24.7. The predicted molar refractivity (Wildman–Crippen MR) is 210 cm³/mol. The summed E-state index contributed by atoms with van der Waals surface area (Å²) in [6.07, 6.45) is 10.7. The summed E-state index contributed by atoms with van der Waals surface area (Å²) in [5.41, 5.74) is 3.55. The van der Waals surface area contributed by atoms with Crippen LogP contribution in [0.25, 0.3) is 0 Å². The maximum Gasteiger partial charge on any atom is 0.309 e. The average molecular weight is 748 g/mol. The third kappa shape index (κ3) is 5.83. The standard InChI is InChI=1S/C46H66ClNO5/c1-27(2)37-33(49)25-46(22-23-48-26-28-10-12-29(47)13-11-28)21-20-44(8)30(38(37)46)14-15-35-43(7)18-17-36(42(5,6)34(43)16-19-45(35,44)9)53-40(52)32-24-31(39(50)51)41(32,3)4/h10-13,27,30-32,34-36,48H,14-26H2,1-9H3,(H,50,51)/t30-,31+,32-,34+,35-,36+,43+,44-,45-,46-/m1/s1. The van der Waals surface area contributed by atoms with E-state index in [9.17, 15) is 19.5 Å². The second-order valence-electron chi connectivity index (χ2n) is 20.8. The number of hydrogen-bond donors (Lipinski definition) is 2. The molecule has 0 heterocycles. The van der Waals surface area contributed by atoms with E-state index in [0.29, 0.717) is 36.4 Å². The molecule has 5 saturated carbocycles. The maximum absolute atomic E-state index is 14.0. The number of carboxylic acids is 1. The minimum absolute atomic E-state index is 0.0401. The summed E-state index contributed by atoms with van der Waals surface area (Å²) in [4.78, 5) is 39.4. The number of nitrogens with one attached hydrogen (secondary N) is 1. The van der Waals surface area contributed by atoms with E-state index in [1.165, 1.54) is 24.8 Å². The van der Waals surface area contributed by atoms with Crippen LogP contribution < -0.4 is 5.32 Å². The molecule has 5 fully saturated rings. The number of Topliss-reactive ketones (excluding diaryl/α,β-unsaturated/α-hetero) is 1. The van der Waals surface area contributed by atoms with Crippen molar-refractivity contribution in [2.24, 2.45) is 68.0 Å². The van der Waals surface area contributed by atoms with Crippen LogP contribution in [0.2, 0.25) is 5.02 Å². The number of ketones is 1. The monoisotopic (exact) mass is 747 g/mol. The van der Waals surface area contributed by atoms with Gasteiger partial charge in [0.05, 0.1) is 11.8 Å². The smallest absolute Gasteiger partial charge is 0.309 e. The molecule has 0 aliphatic heterocycles. The highest BCUT2D eigenvalue weighted by Gasteiger charge is 2.70. The number of fused-ring (bicyclic) bond motifs is 7. The molecule has 6 aliphatic carbocycles. The molecule has 1 aromatic carbocycles. The first-order valence-corrected chi connectivity index (χ1v) is 21.3. The van der Waals surface area contributed by atoms with Gasteiger partial charge in [-0.2, -0.15) is 0 Å². The second-order valence-corrected chi connectivity index (χ2v) is 21.3. The molecule has 10 atom stereocenters. The SMILES string of the molecule is CC(C)C1=C2[C@H]3CC[C@@H]4[C@@]5(C)CC[C@H](OC(=O)[C@H]6C[C@@H](C(=O)O)C6(C)C)C(C)(C)[C@@H]5CC[C@@]4(C)[C@]3(C)CC[C@@]2(CCNCc2ccc(Cl)cc2)CC1=O. The molecule has 0 bridgehead atoms. The largest absolute Gasteiger partial charge is 0.481 e. The zero-order valence-corrected chi connectivity index (χ0v) is 34.8. The molecule has 53 heavy (non-hydrogen) atoms. The summed E-state index contributed by atoms with van der Waals surface area (Å²) in [5.74, 6) is 0.214. The fourth-order valence-corrected chi connectivity index (χ4v) is 14.5. The van der Waals surface area contributed by atoms with Crippen LogP contribution in [0.3, 0.4) is 0 Å². The number of carbonyl (C=O) groups excluding carboxylic acids is 2. The van der Waals surface area contributed by atoms with Crippen molar-refractivity contribution in [3.63, 3.8) is 0 Å². The van der Waals surface area contributed by atoms with E-state index in [1.54, 1.807) is 5.57 Å². The van der Waals surface area contributed by atoms with Crippen molar-refractivity contribution < 1.29 is 24.2 Å². The van der Waals surface area contributed by atoms with Gasteiger partial charge in [-0.05, 0) is 139 Å². The van der Waals surface area contributed by atoms with Crippen molar-refractivity contribution in [2.45, 2.75) is 146 Å². The number of carboxylic acid groups (broad SMARTS) is 1. The zero-order chi connectivity index (χ0) is 38.5. The number of benzene rings is 1. The van der Waals surface area contributed by atoms with Crippen LogP contribution in [0.5, 0.6) is 0 Å². The molecule has 6 nitrogen and oxygen atoms in total. The average Bonchev–Trinajstić information content (AvgIpc) is 3.37. The Kier molecular flexibility index (Phi) is 9.74. The van der Waals surface area contributed by atoms with Crippen LogP contribution >= 0.6 is 11.6 Å². The number of aliphatic carboxylic acids is 1. The lowest BCUT2D eigenvalue weighted by Crippen LogP contribution is -2.66. The predicted octanol–water partition coefficient (Wildman–Crippen LogP) is 10.5. The Morgan fingerprint density at radius 2 is 1.57 bits per heavy atom. The molecule has 0 spiro atoms. The lowest BCUT2D eigenvalue weighted by atomic mass is 9.33. The van der Waals surface area contributed by atoms with Crippen molar-refractivity contribution in [3.8, 4) is 0 Å². The summed E-state index contributed by atoms with van der Waals surface area (Å²) in [6.45, 7) is 22.5. The first-order valence-electron chi connectivity index (χ1n) is 20.9. The van der Waals surface area contributed by atoms with E-state index in [-0.39, 0.29) is 51.0 Å². The molecule has 0 aromatic heterocycles. The third-order valence-electron chi connectivity index (χ3n) is 17.6. The number of rotatable bonds is 9. The Labute approximate surface area is 324 Å². The van der Waals surface area contributed by atoms with Gasteiger partial charge in [-0.3, -0.25) is 14.4 Å². The first kappa shape index (κ1) is 39.1. The van der Waals surface area contributed by atoms with Gasteiger partial charge in [0.2, 0.25) is 0 Å². The van der Waals surface area contributed by atoms with Crippen LogP contribution in [0.1, 0.15) is 139 Å². The number of carbonyl (C=O) groups is 3. The number of esters is 1. The number of halogens is 1. The van der Waals surface area contributed by atoms with Gasteiger partial charge in [0.25, 0.3) is 0 Å². The van der Waals surface area contributed by atoms with E-state index in [0.717, 1.165) is 62.2 Å². The third-order valence-corrected chi connectivity index (χ3v) is 17.9. The molecule has 0 amide bonds. The van der Waals surface area contributed by atoms with Crippen LogP contribution in [0.15, 0.2) is 35.4 Å². The molecule has 0 unspecified atom stereocenters. The van der Waals surface area contributed by atoms with Gasteiger partial charge in [-0.1, -0.05) is 91.6 Å². The topological polar surface area (TPSA) is 92.7 Å². The lowest BCUT2D eigenvalue weighted by Gasteiger charge is -2.72. The number of ether oxygens (including phenoxy) is 1. The Bertz CT molecular complexity index is 1680. The molecule has 7 rings (SSSR count). The Balaban J connectivity index is 1.11. The highest BCUT2D eigenvalue weighted by molar-refractivity contribution is 6.30. The van der Waals surface area contributed by atoms with Gasteiger partial charge >= 0.3 is 11.9 Å². The molecule has 0 saturated heterocycles. The molecule has 7 heteroatoms. The van der Waals surface area contributed by atoms with E-state index in [1.807, 2.05) is 26.0 Å². The summed E-state index contributed by atoms with van der Waals surface area (Å²) in [6, 6.07) is 8.08. The normalized spacial score (nSPS) is 41.2. The minimum atomic E-state index is -0.816. The number of allylic oxidation sites excluding steroid dienone is 2. The quantitative estimate of drug-likeness (QED) is 0.193. The van der Waals surface area contributed by atoms with Gasteiger partial charge in [0, 0.05) is 28.8 Å². The van der Waals surface area contributed by atoms with Crippen molar-refractivity contribution >= 4 is 29.3 Å². The van der Waals surface area contributed by atoms with Crippen LogP contribution in [0, 0.1) is 68.0 Å². The van der Waals surface area contributed by atoms with Gasteiger partial charge in [0.15, 0.2) is 5.78 Å². The molecular weight excluding hydrogens is 682 g/mol. The van der Waals surface area contributed by atoms with E-state index in [4.69, 9.17) is 16.3 Å². The van der Waals surface area contributed by atoms with Crippen molar-refractivity contribution in [1.29, 1.82) is 0 Å². The maximum atomic E-state index is 14.0. The van der Waals surface area contributed by atoms with E-state index < -0.39 is 17.3 Å². The Morgan fingerprint density at radius 3 is 2.21 bits per heavy atom. The van der Waals surface area contributed by atoms with Crippen molar-refractivity contribution in [2.75, 3.05) is 6.54 Å². The summed E-state index contributed by atoms with van der Waals surface area (Å²) in [7, 11) is 0. The highest BCUT2D eigenvalue weighted by atomic mass is 35.5. The van der Waals surface area contributed by atoms with E-state index in [2.05, 4.69) is 65.9 Å². The minimum Gasteiger partial charge on any atom is -0.481 e. The van der Waals surface area contributed by atoms with Crippen LogP contribution in [-0.4, -0.2) is 35.5 Å². The van der Waals surface area contributed by atoms with Gasteiger partial charge < -0.3 is 15.2 Å². The summed E-state index contributed by atoms with van der Waals surface area (Å²) in [5, 5.41) is 14.1. The van der Waals surface area contributed by atoms with Gasteiger partial charge in [-0.15, -0.1) is 0 Å².